The zero-order chi connectivity index (χ0) is 18.2. The highest BCUT2D eigenvalue weighted by molar-refractivity contribution is 5.90. The molecule has 2 rings (SSSR count). The van der Waals surface area contributed by atoms with Gasteiger partial charge in [-0.3, -0.25) is 4.79 Å². The summed E-state index contributed by atoms with van der Waals surface area (Å²) in [6.45, 7) is 1.27. The highest BCUT2D eigenvalue weighted by Crippen LogP contribution is 2.15. The molecular formula is C20H18O5. The molecule has 25 heavy (non-hydrogen) atoms. The summed E-state index contributed by atoms with van der Waals surface area (Å²) in [5.74, 6) is 5.10. The molecule has 0 radical (unpaired) electrons. The van der Waals surface area contributed by atoms with E-state index < -0.39 is 11.9 Å². The summed E-state index contributed by atoms with van der Waals surface area (Å²) in [4.78, 5) is 22.8. The van der Waals surface area contributed by atoms with E-state index in [0.717, 1.165) is 0 Å². The largest absolute Gasteiger partial charge is 0.465 e. The van der Waals surface area contributed by atoms with Gasteiger partial charge in [0.05, 0.1) is 19.3 Å². The molecule has 0 aliphatic heterocycles. The predicted octanol–water partition coefficient (Wildman–Crippen LogP) is 2.43. The Morgan fingerprint density at radius 2 is 1.76 bits per heavy atom. The van der Waals surface area contributed by atoms with Crippen LogP contribution in [0.5, 0.6) is 0 Å². The van der Waals surface area contributed by atoms with Gasteiger partial charge in [0, 0.05) is 23.6 Å². The van der Waals surface area contributed by atoms with Crippen molar-refractivity contribution in [1.82, 2.24) is 0 Å². The Labute approximate surface area is 146 Å². The van der Waals surface area contributed by atoms with Crippen molar-refractivity contribution in [2.45, 2.75) is 20.1 Å². The quantitative estimate of drug-likeness (QED) is 0.685. The van der Waals surface area contributed by atoms with E-state index in [2.05, 4.69) is 11.8 Å². The molecule has 0 amide bonds. The van der Waals surface area contributed by atoms with E-state index in [4.69, 9.17) is 9.47 Å². The average molecular weight is 338 g/mol. The zero-order valence-electron chi connectivity index (χ0n) is 14.0. The maximum Gasteiger partial charge on any atom is 0.337 e. The van der Waals surface area contributed by atoms with Crippen molar-refractivity contribution in [2.24, 2.45) is 0 Å². The number of hydrogen-bond donors (Lipinski definition) is 1. The van der Waals surface area contributed by atoms with Gasteiger partial charge in [0.1, 0.15) is 6.61 Å². The van der Waals surface area contributed by atoms with Crippen LogP contribution in [0.15, 0.2) is 42.5 Å². The van der Waals surface area contributed by atoms with Crippen molar-refractivity contribution >= 4 is 11.9 Å². The van der Waals surface area contributed by atoms with Crippen LogP contribution >= 0.6 is 0 Å². The number of ether oxygens (including phenoxy) is 2. The van der Waals surface area contributed by atoms with E-state index in [1.54, 1.807) is 30.3 Å². The molecular weight excluding hydrogens is 320 g/mol. The molecule has 0 heterocycles. The van der Waals surface area contributed by atoms with E-state index in [1.807, 2.05) is 12.1 Å². The minimum absolute atomic E-state index is 0.0580. The molecule has 2 aromatic rings. The number of hydrogen-bond acceptors (Lipinski definition) is 5. The Morgan fingerprint density at radius 1 is 1.04 bits per heavy atom. The lowest BCUT2D eigenvalue weighted by atomic mass is 10.0. The molecule has 0 saturated heterocycles. The molecule has 0 bridgehead atoms. The second kappa shape index (κ2) is 8.67. The first-order chi connectivity index (χ1) is 12.0. The highest BCUT2D eigenvalue weighted by atomic mass is 16.5. The van der Waals surface area contributed by atoms with E-state index in [-0.39, 0.29) is 13.2 Å². The molecule has 5 heteroatoms. The smallest absolute Gasteiger partial charge is 0.337 e. The van der Waals surface area contributed by atoms with Gasteiger partial charge in [0.25, 0.3) is 0 Å². The summed E-state index contributed by atoms with van der Waals surface area (Å²) in [6.07, 6.45) is 0. The third-order valence-corrected chi connectivity index (χ3v) is 3.48. The Kier molecular flexibility index (Phi) is 6.33. The molecule has 0 atom stereocenters. The van der Waals surface area contributed by atoms with E-state index >= 15 is 0 Å². The normalized spacial score (nSPS) is 9.72. The second-order valence-corrected chi connectivity index (χ2v) is 5.21. The van der Waals surface area contributed by atoms with Gasteiger partial charge in [-0.05, 0) is 23.8 Å². The molecule has 0 aliphatic rings. The summed E-state index contributed by atoms with van der Waals surface area (Å²) in [5, 5.41) is 9.38. The van der Waals surface area contributed by atoms with Gasteiger partial charge in [-0.1, -0.05) is 36.1 Å². The summed E-state index contributed by atoms with van der Waals surface area (Å²) in [6, 6.07) is 12.1. The van der Waals surface area contributed by atoms with Gasteiger partial charge in [-0.25, -0.2) is 4.79 Å². The molecule has 0 fully saturated rings. The number of aliphatic hydroxyl groups is 1. The lowest BCUT2D eigenvalue weighted by molar-refractivity contribution is -0.142. The third-order valence-electron chi connectivity index (χ3n) is 3.48. The lowest BCUT2D eigenvalue weighted by Gasteiger charge is -2.07. The number of carbonyl (C=O) groups excluding carboxylic acids is 2. The van der Waals surface area contributed by atoms with Crippen LogP contribution in [0, 0.1) is 11.8 Å². The Balaban J connectivity index is 2.44. The molecule has 0 saturated carbocycles. The predicted molar refractivity (Wildman–Crippen MR) is 91.6 cm³/mol. The van der Waals surface area contributed by atoms with Crippen molar-refractivity contribution in [1.29, 1.82) is 0 Å². The molecule has 0 aromatic heterocycles. The third kappa shape index (κ3) is 4.93. The Hall–Kier alpha value is -3.10. The maximum absolute atomic E-state index is 11.7. The van der Waals surface area contributed by atoms with Crippen molar-refractivity contribution in [2.75, 3.05) is 7.11 Å². The maximum atomic E-state index is 11.7. The minimum atomic E-state index is -0.474. The first-order valence-electron chi connectivity index (χ1n) is 7.60. The molecule has 5 nitrogen and oxygen atoms in total. The molecule has 0 spiro atoms. The van der Waals surface area contributed by atoms with Gasteiger partial charge >= 0.3 is 11.9 Å². The van der Waals surface area contributed by atoms with Gasteiger partial charge in [-0.15, -0.1) is 0 Å². The Morgan fingerprint density at radius 3 is 2.44 bits per heavy atom. The zero-order valence-corrected chi connectivity index (χ0v) is 14.0. The number of esters is 2. The number of benzene rings is 2. The van der Waals surface area contributed by atoms with E-state index in [0.29, 0.717) is 27.8 Å². The van der Waals surface area contributed by atoms with Crippen LogP contribution in [-0.4, -0.2) is 24.2 Å². The molecule has 0 aliphatic carbocycles. The van der Waals surface area contributed by atoms with E-state index in [9.17, 15) is 14.7 Å². The highest BCUT2D eigenvalue weighted by Gasteiger charge is 2.10. The number of methoxy groups -OCH3 is 1. The number of carbonyl (C=O) groups is 2. The van der Waals surface area contributed by atoms with Crippen LogP contribution in [0.2, 0.25) is 0 Å². The van der Waals surface area contributed by atoms with Gasteiger partial charge < -0.3 is 14.6 Å². The van der Waals surface area contributed by atoms with E-state index in [1.165, 1.54) is 14.0 Å². The summed E-state index contributed by atoms with van der Waals surface area (Å²) < 4.78 is 9.75. The van der Waals surface area contributed by atoms with Crippen LogP contribution in [0.4, 0.5) is 0 Å². The first kappa shape index (κ1) is 18.2. The summed E-state index contributed by atoms with van der Waals surface area (Å²) in [7, 11) is 1.30. The molecule has 0 unspecified atom stereocenters. The number of rotatable bonds is 4. The summed E-state index contributed by atoms with van der Waals surface area (Å²) >= 11 is 0. The topological polar surface area (TPSA) is 72.8 Å². The van der Waals surface area contributed by atoms with Gasteiger partial charge in [0.15, 0.2) is 0 Å². The van der Waals surface area contributed by atoms with Crippen molar-refractivity contribution in [3.05, 3.63) is 70.3 Å². The standard InChI is InChI=1S/C20H18O5/c1-14(22)25-13-19-10-9-17(20(23)24-2)11-16(19)8-7-15-5-3-4-6-18(15)12-21/h3-6,9-11,21H,12-13H2,1-2H3. The van der Waals surface area contributed by atoms with Crippen LogP contribution in [-0.2, 0) is 27.5 Å². The lowest BCUT2D eigenvalue weighted by Crippen LogP contribution is -2.05. The fraction of sp³-hybridized carbons (Fsp3) is 0.200. The van der Waals surface area contributed by atoms with Gasteiger partial charge in [-0.2, -0.15) is 0 Å². The van der Waals surface area contributed by atoms with Crippen molar-refractivity contribution < 1.29 is 24.2 Å². The fourth-order valence-electron chi connectivity index (χ4n) is 2.16. The van der Waals surface area contributed by atoms with Crippen LogP contribution in [0.25, 0.3) is 0 Å². The summed E-state index contributed by atoms with van der Waals surface area (Å²) in [5.41, 5.74) is 2.98. The van der Waals surface area contributed by atoms with Crippen molar-refractivity contribution in [3.8, 4) is 11.8 Å². The SMILES string of the molecule is COC(=O)c1ccc(COC(C)=O)c(C#Cc2ccccc2CO)c1. The second-order valence-electron chi connectivity index (χ2n) is 5.21. The number of aliphatic hydroxyl groups excluding tert-OH is 1. The molecule has 128 valence electrons. The first-order valence-corrected chi connectivity index (χ1v) is 7.60. The van der Waals surface area contributed by atoms with Crippen LogP contribution in [0.1, 0.15) is 39.5 Å². The van der Waals surface area contributed by atoms with Gasteiger partial charge in [0.2, 0.25) is 0 Å². The van der Waals surface area contributed by atoms with Crippen LogP contribution in [0.3, 0.4) is 0 Å². The van der Waals surface area contributed by atoms with Crippen LogP contribution < -0.4 is 0 Å². The molecule has 1 N–H and O–H groups in total. The molecule has 2 aromatic carbocycles. The Bertz CT molecular complexity index is 843. The fourth-order valence-corrected chi connectivity index (χ4v) is 2.16. The minimum Gasteiger partial charge on any atom is -0.465 e. The average Bonchev–Trinajstić information content (AvgIpc) is 2.64. The monoisotopic (exact) mass is 338 g/mol. The van der Waals surface area contributed by atoms with Crippen molar-refractivity contribution in [3.63, 3.8) is 0 Å².